The number of carbonyl (C=O) groups is 1. The molecule has 0 radical (unpaired) electrons. The Labute approximate surface area is 163 Å². The average molecular weight is 384 g/mol. The van der Waals surface area contributed by atoms with Crippen LogP contribution in [0.1, 0.15) is 30.3 Å². The molecule has 3 saturated heterocycles. The molecule has 5 rings (SSSR count). The molecule has 28 heavy (non-hydrogen) atoms. The molecule has 1 N–H and O–H groups in total. The Morgan fingerprint density at radius 3 is 2.79 bits per heavy atom. The molecule has 0 spiro atoms. The molecule has 148 valence electrons. The van der Waals surface area contributed by atoms with Crippen molar-refractivity contribution >= 4 is 12.0 Å². The van der Waals surface area contributed by atoms with E-state index < -0.39 is 0 Å². The predicted molar refractivity (Wildman–Crippen MR) is 100 cm³/mol. The topological polar surface area (TPSA) is 87.0 Å². The number of rotatable bonds is 5. The Morgan fingerprint density at radius 1 is 1.14 bits per heavy atom. The minimum Gasteiger partial charge on any atom is -0.406 e. The molecule has 3 aliphatic heterocycles. The first kappa shape index (κ1) is 17.4. The fourth-order valence-corrected chi connectivity index (χ4v) is 4.12. The molecule has 4 heterocycles. The second-order valence-corrected chi connectivity index (χ2v) is 7.43. The van der Waals surface area contributed by atoms with E-state index in [0.717, 1.165) is 44.6 Å². The highest BCUT2D eigenvalue weighted by atomic mass is 16.7. The van der Waals surface area contributed by atoms with E-state index in [1.165, 1.54) is 5.06 Å². The number of piperazine rings is 1. The maximum absolute atomic E-state index is 12.9. The minimum absolute atomic E-state index is 0.0722. The van der Waals surface area contributed by atoms with Crippen LogP contribution in [0, 0.1) is 0 Å². The zero-order valence-corrected chi connectivity index (χ0v) is 15.7. The number of anilines is 1. The van der Waals surface area contributed by atoms with E-state index in [4.69, 9.17) is 9.25 Å². The maximum atomic E-state index is 12.9. The second kappa shape index (κ2) is 7.40. The number of benzene rings is 1. The summed E-state index contributed by atoms with van der Waals surface area (Å²) in [6.45, 7) is 4.51. The van der Waals surface area contributed by atoms with Gasteiger partial charge in [-0.15, -0.1) is 5.10 Å². The highest BCUT2D eigenvalue weighted by Gasteiger charge is 2.47. The number of urea groups is 1. The third-order valence-electron chi connectivity index (χ3n) is 5.64. The van der Waals surface area contributed by atoms with Crippen LogP contribution in [0.4, 0.5) is 10.8 Å². The van der Waals surface area contributed by atoms with Crippen LogP contribution in [0.3, 0.4) is 0 Å². The molecular weight excluding hydrogens is 360 g/mol. The molecule has 0 aliphatic carbocycles. The Balaban J connectivity index is 1.26. The quantitative estimate of drug-likeness (QED) is 0.837. The van der Waals surface area contributed by atoms with Crippen LogP contribution >= 0.6 is 0 Å². The number of nitrogens with zero attached hydrogens (tertiary/aromatic N) is 5. The Bertz CT molecular complexity index is 822. The fraction of sp³-hybridized carbons (Fsp3) is 0.526. The molecule has 9 heteroatoms. The third kappa shape index (κ3) is 3.20. The lowest BCUT2D eigenvalue weighted by Crippen LogP contribution is -2.43. The summed E-state index contributed by atoms with van der Waals surface area (Å²) in [4.78, 5) is 22.7. The molecule has 0 saturated carbocycles. The number of carbonyl (C=O) groups excluding carboxylic acids is 1. The average Bonchev–Trinajstić information content (AvgIpc) is 3.33. The van der Waals surface area contributed by atoms with E-state index >= 15 is 0 Å². The van der Waals surface area contributed by atoms with Gasteiger partial charge < -0.3 is 19.5 Å². The van der Waals surface area contributed by atoms with Crippen molar-refractivity contribution in [1.82, 2.24) is 25.5 Å². The molecular formula is C19H24N6O3. The van der Waals surface area contributed by atoms with Gasteiger partial charge in [0.2, 0.25) is 5.89 Å². The van der Waals surface area contributed by atoms with Gasteiger partial charge in [0.05, 0.1) is 6.04 Å². The van der Waals surface area contributed by atoms with Gasteiger partial charge in [0.1, 0.15) is 12.6 Å². The van der Waals surface area contributed by atoms with Crippen molar-refractivity contribution in [2.24, 2.45) is 0 Å². The Kier molecular flexibility index (Phi) is 4.61. The van der Waals surface area contributed by atoms with Crippen molar-refractivity contribution in [3.63, 3.8) is 0 Å². The van der Waals surface area contributed by atoms with Crippen LogP contribution in [-0.2, 0) is 11.4 Å². The van der Waals surface area contributed by atoms with E-state index in [-0.39, 0.29) is 18.1 Å². The first-order valence-corrected chi connectivity index (χ1v) is 9.85. The molecule has 9 nitrogen and oxygen atoms in total. The SMILES string of the molecule is O=C1N2C[C@@H](CC[C@H]2c2nnc(N3CCNCC3)o2)N1OCc1ccccc1. The molecule has 3 fully saturated rings. The normalized spacial score (nSPS) is 24.9. The molecule has 1 aromatic carbocycles. The zero-order valence-electron chi connectivity index (χ0n) is 15.7. The van der Waals surface area contributed by atoms with Crippen LogP contribution < -0.4 is 10.2 Å². The van der Waals surface area contributed by atoms with Gasteiger partial charge in [-0.3, -0.25) is 4.84 Å². The smallest absolute Gasteiger partial charge is 0.345 e. The summed E-state index contributed by atoms with van der Waals surface area (Å²) in [5.74, 6) is 0.519. The summed E-state index contributed by atoms with van der Waals surface area (Å²) < 4.78 is 5.95. The monoisotopic (exact) mass is 384 g/mol. The number of nitrogens with one attached hydrogen (secondary N) is 1. The predicted octanol–water partition coefficient (Wildman–Crippen LogP) is 1.55. The maximum Gasteiger partial charge on any atom is 0.345 e. The zero-order chi connectivity index (χ0) is 18.9. The molecule has 2 amide bonds. The number of hydrogen-bond acceptors (Lipinski definition) is 7. The highest BCUT2D eigenvalue weighted by Crippen LogP contribution is 2.38. The lowest BCUT2D eigenvalue weighted by atomic mass is 10.0. The number of hydroxylamine groups is 2. The van der Waals surface area contributed by atoms with E-state index in [1.54, 1.807) is 4.90 Å². The summed E-state index contributed by atoms with van der Waals surface area (Å²) in [6.07, 6.45) is 1.65. The van der Waals surface area contributed by atoms with Crippen molar-refractivity contribution in [2.75, 3.05) is 37.6 Å². The fourth-order valence-electron chi connectivity index (χ4n) is 4.12. The second-order valence-electron chi connectivity index (χ2n) is 7.43. The summed E-state index contributed by atoms with van der Waals surface area (Å²) >= 11 is 0. The van der Waals surface area contributed by atoms with Gasteiger partial charge >= 0.3 is 12.0 Å². The molecule has 2 atom stereocenters. The van der Waals surface area contributed by atoms with E-state index in [1.807, 2.05) is 30.3 Å². The summed E-state index contributed by atoms with van der Waals surface area (Å²) in [6, 6.07) is 10.2. The molecule has 2 aromatic rings. The third-order valence-corrected chi connectivity index (χ3v) is 5.64. The van der Waals surface area contributed by atoms with Crippen LogP contribution in [0.5, 0.6) is 0 Å². The van der Waals surface area contributed by atoms with Crippen LogP contribution in [-0.4, -0.2) is 65.0 Å². The van der Waals surface area contributed by atoms with Gasteiger partial charge in [0, 0.05) is 32.7 Å². The number of hydrogen-bond donors (Lipinski definition) is 1. The number of aromatic nitrogens is 2. The van der Waals surface area contributed by atoms with E-state index in [2.05, 4.69) is 20.4 Å². The number of piperidine rings is 1. The number of amides is 2. The summed E-state index contributed by atoms with van der Waals surface area (Å²) in [5.41, 5.74) is 1.04. The van der Waals surface area contributed by atoms with Crippen LogP contribution in [0.15, 0.2) is 34.7 Å². The first-order chi connectivity index (χ1) is 13.8. The Hall–Kier alpha value is -2.65. The Morgan fingerprint density at radius 2 is 1.96 bits per heavy atom. The lowest BCUT2D eigenvalue weighted by Gasteiger charge is -2.28. The summed E-state index contributed by atoms with van der Waals surface area (Å²) in [7, 11) is 0. The molecule has 2 bridgehead atoms. The van der Waals surface area contributed by atoms with Gasteiger partial charge in [0.25, 0.3) is 0 Å². The molecule has 0 unspecified atom stereocenters. The van der Waals surface area contributed by atoms with Crippen molar-refractivity contribution in [1.29, 1.82) is 0 Å². The molecule has 1 aromatic heterocycles. The van der Waals surface area contributed by atoms with Gasteiger partial charge in [0.15, 0.2) is 0 Å². The van der Waals surface area contributed by atoms with Crippen molar-refractivity contribution in [3.8, 4) is 0 Å². The molecule has 3 aliphatic rings. The number of fused-ring (bicyclic) bond motifs is 2. The van der Waals surface area contributed by atoms with Gasteiger partial charge in [-0.25, -0.2) is 4.79 Å². The van der Waals surface area contributed by atoms with Crippen LogP contribution in [0.2, 0.25) is 0 Å². The largest absolute Gasteiger partial charge is 0.406 e. The van der Waals surface area contributed by atoms with Crippen molar-refractivity contribution < 1.29 is 14.0 Å². The van der Waals surface area contributed by atoms with E-state index in [9.17, 15) is 4.79 Å². The highest BCUT2D eigenvalue weighted by molar-refractivity contribution is 5.77. The first-order valence-electron chi connectivity index (χ1n) is 9.85. The van der Waals surface area contributed by atoms with E-state index in [0.29, 0.717) is 25.1 Å². The van der Waals surface area contributed by atoms with Gasteiger partial charge in [-0.05, 0) is 18.4 Å². The van der Waals surface area contributed by atoms with Crippen molar-refractivity contribution in [2.45, 2.75) is 31.5 Å². The van der Waals surface area contributed by atoms with Gasteiger partial charge in [-0.1, -0.05) is 35.4 Å². The standard InChI is InChI=1S/C19H24N6O3/c26-19-24-12-15(25(19)27-13-14-4-2-1-3-5-14)6-7-16(24)17-21-22-18(28-17)23-10-8-20-9-11-23/h1-5,15-16,20H,6-13H2/t15-,16+/m1/s1. The van der Waals surface area contributed by atoms with Crippen LogP contribution in [0.25, 0.3) is 0 Å². The van der Waals surface area contributed by atoms with Crippen molar-refractivity contribution in [3.05, 3.63) is 41.8 Å². The summed E-state index contributed by atoms with van der Waals surface area (Å²) in [5, 5.41) is 13.3. The minimum atomic E-state index is -0.182. The lowest BCUT2D eigenvalue weighted by molar-refractivity contribution is -0.140. The van der Waals surface area contributed by atoms with Gasteiger partial charge in [-0.2, -0.15) is 5.06 Å².